The number of rotatable bonds is 4. The summed E-state index contributed by atoms with van der Waals surface area (Å²) in [5, 5.41) is 2.80. The predicted octanol–water partition coefficient (Wildman–Crippen LogP) is 1.32. The van der Waals surface area contributed by atoms with E-state index in [2.05, 4.69) is 5.32 Å². The number of aromatic nitrogens is 1. The topological polar surface area (TPSA) is 60.3 Å². The summed E-state index contributed by atoms with van der Waals surface area (Å²) < 4.78 is 6.59. The van der Waals surface area contributed by atoms with Crippen molar-refractivity contribution in [1.82, 2.24) is 9.88 Å². The number of nitrogens with zero attached hydrogens (tertiary/aromatic N) is 1. The van der Waals surface area contributed by atoms with E-state index in [1.165, 1.54) is 22.9 Å². The van der Waals surface area contributed by atoms with Crippen LogP contribution in [0.1, 0.15) is 15.9 Å². The van der Waals surface area contributed by atoms with Crippen LogP contribution < -0.4 is 15.6 Å². The third-order valence-electron chi connectivity index (χ3n) is 2.98. The highest BCUT2D eigenvalue weighted by Gasteiger charge is 2.08. The predicted molar refractivity (Wildman–Crippen MR) is 75.8 cm³/mol. The van der Waals surface area contributed by atoms with E-state index in [0.29, 0.717) is 12.1 Å². The number of hydrogen-bond donors (Lipinski definition) is 1. The summed E-state index contributed by atoms with van der Waals surface area (Å²) >= 11 is 0. The molecule has 1 aromatic heterocycles. The van der Waals surface area contributed by atoms with Gasteiger partial charge in [0.2, 0.25) is 5.56 Å². The molecule has 1 amide bonds. The minimum atomic E-state index is -0.230. The Labute approximate surface area is 116 Å². The summed E-state index contributed by atoms with van der Waals surface area (Å²) in [7, 11) is 3.20. The number of benzene rings is 1. The SMILES string of the molecule is COc1ccccc1CNC(=O)c1ccc(=O)n(C)c1. The molecule has 0 saturated carbocycles. The molecule has 0 aliphatic heterocycles. The fraction of sp³-hybridized carbons (Fsp3) is 0.200. The second kappa shape index (κ2) is 6.06. The van der Waals surface area contributed by atoms with Crippen molar-refractivity contribution in [2.75, 3.05) is 7.11 Å². The molecule has 0 saturated heterocycles. The lowest BCUT2D eigenvalue weighted by atomic mass is 10.2. The fourth-order valence-corrected chi connectivity index (χ4v) is 1.85. The van der Waals surface area contributed by atoms with Crippen LogP contribution in [-0.2, 0) is 13.6 Å². The largest absolute Gasteiger partial charge is 0.496 e. The first-order chi connectivity index (χ1) is 9.61. The maximum atomic E-state index is 12.0. The van der Waals surface area contributed by atoms with E-state index >= 15 is 0 Å². The van der Waals surface area contributed by atoms with E-state index in [0.717, 1.165) is 11.3 Å². The fourth-order valence-electron chi connectivity index (χ4n) is 1.85. The lowest BCUT2D eigenvalue weighted by molar-refractivity contribution is 0.0950. The van der Waals surface area contributed by atoms with Gasteiger partial charge in [0.1, 0.15) is 5.75 Å². The third kappa shape index (κ3) is 3.06. The first kappa shape index (κ1) is 13.9. The van der Waals surface area contributed by atoms with Gasteiger partial charge in [-0.2, -0.15) is 0 Å². The molecule has 5 nitrogen and oxygen atoms in total. The van der Waals surface area contributed by atoms with Crippen LogP contribution in [0.2, 0.25) is 0 Å². The zero-order valence-electron chi connectivity index (χ0n) is 11.4. The maximum absolute atomic E-state index is 12.0. The van der Waals surface area contributed by atoms with Gasteiger partial charge in [0.15, 0.2) is 0 Å². The molecule has 5 heteroatoms. The first-order valence-corrected chi connectivity index (χ1v) is 6.18. The van der Waals surface area contributed by atoms with Crippen LogP contribution in [0.4, 0.5) is 0 Å². The average Bonchev–Trinajstić information content (AvgIpc) is 2.47. The van der Waals surface area contributed by atoms with Gasteiger partial charge in [-0.25, -0.2) is 0 Å². The normalized spacial score (nSPS) is 10.1. The van der Waals surface area contributed by atoms with Crippen LogP contribution in [-0.4, -0.2) is 17.6 Å². The Bertz CT molecular complexity index is 677. The summed E-state index contributed by atoms with van der Waals surface area (Å²) in [6.45, 7) is 0.367. The van der Waals surface area contributed by atoms with Crippen LogP contribution in [0.5, 0.6) is 5.75 Å². The second-order valence-electron chi connectivity index (χ2n) is 4.36. The van der Waals surface area contributed by atoms with E-state index in [9.17, 15) is 9.59 Å². The van der Waals surface area contributed by atoms with E-state index in [4.69, 9.17) is 4.74 Å². The van der Waals surface area contributed by atoms with Gasteiger partial charge in [0.25, 0.3) is 5.91 Å². The Kier molecular flexibility index (Phi) is 4.20. The molecule has 0 aliphatic carbocycles. The van der Waals surface area contributed by atoms with Crippen LogP contribution in [0.25, 0.3) is 0 Å². The van der Waals surface area contributed by atoms with Crippen molar-refractivity contribution in [3.63, 3.8) is 0 Å². The molecule has 2 aromatic rings. The highest BCUT2D eigenvalue weighted by molar-refractivity contribution is 5.93. The molecule has 2 rings (SSSR count). The Hall–Kier alpha value is -2.56. The Morgan fingerprint density at radius 3 is 2.70 bits per heavy atom. The number of carbonyl (C=O) groups is 1. The van der Waals surface area contributed by atoms with Gasteiger partial charge in [-0.15, -0.1) is 0 Å². The third-order valence-corrected chi connectivity index (χ3v) is 2.98. The number of ether oxygens (including phenoxy) is 1. The number of para-hydroxylation sites is 1. The van der Waals surface area contributed by atoms with Crippen molar-refractivity contribution in [3.05, 3.63) is 64.1 Å². The number of methoxy groups -OCH3 is 1. The van der Waals surface area contributed by atoms with E-state index < -0.39 is 0 Å². The number of aryl methyl sites for hydroxylation is 1. The lowest BCUT2D eigenvalue weighted by Crippen LogP contribution is -2.25. The van der Waals surface area contributed by atoms with Crippen molar-refractivity contribution in [2.24, 2.45) is 7.05 Å². The maximum Gasteiger partial charge on any atom is 0.253 e. The minimum absolute atomic E-state index is 0.147. The van der Waals surface area contributed by atoms with Crippen molar-refractivity contribution in [2.45, 2.75) is 6.54 Å². The molecular weight excluding hydrogens is 256 g/mol. The van der Waals surface area contributed by atoms with Crippen molar-refractivity contribution in [1.29, 1.82) is 0 Å². The summed E-state index contributed by atoms with van der Waals surface area (Å²) in [6, 6.07) is 10.4. The molecule has 0 unspecified atom stereocenters. The van der Waals surface area contributed by atoms with Gasteiger partial charge in [-0.05, 0) is 12.1 Å². The molecule has 0 radical (unpaired) electrons. The summed E-state index contributed by atoms with van der Waals surface area (Å²) in [5.41, 5.74) is 1.20. The van der Waals surface area contributed by atoms with Gasteiger partial charge >= 0.3 is 0 Å². The molecule has 0 atom stereocenters. The highest BCUT2D eigenvalue weighted by Crippen LogP contribution is 2.16. The van der Waals surface area contributed by atoms with Gasteiger partial charge in [-0.3, -0.25) is 9.59 Å². The smallest absolute Gasteiger partial charge is 0.253 e. The number of amides is 1. The van der Waals surface area contributed by atoms with Crippen molar-refractivity contribution >= 4 is 5.91 Å². The highest BCUT2D eigenvalue weighted by atomic mass is 16.5. The van der Waals surface area contributed by atoms with Gasteiger partial charge in [0.05, 0.1) is 12.7 Å². The molecule has 0 bridgehead atoms. The van der Waals surface area contributed by atoms with E-state index in [1.54, 1.807) is 14.2 Å². The molecule has 0 spiro atoms. The summed E-state index contributed by atoms with van der Waals surface area (Å²) in [5.74, 6) is 0.500. The van der Waals surface area contributed by atoms with Crippen LogP contribution in [0.15, 0.2) is 47.4 Å². The molecule has 1 heterocycles. The number of nitrogens with one attached hydrogen (secondary N) is 1. The van der Waals surface area contributed by atoms with Crippen LogP contribution in [0.3, 0.4) is 0 Å². The molecule has 0 aliphatic rings. The Morgan fingerprint density at radius 2 is 2.00 bits per heavy atom. The first-order valence-electron chi connectivity index (χ1n) is 6.18. The van der Waals surface area contributed by atoms with Crippen LogP contribution >= 0.6 is 0 Å². The monoisotopic (exact) mass is 272 g/mol. The molecule has 0 fully saturated rings. The number of hydrogen-bond acceptors (Lipinski definition) is 3. The average molecular weight is 272 g/mol. The van der Waals surface area contributed by atoms with Crippen LogP contribution in [0, 0.1) is 0 Å². The van der Waals surface area contributed by atoms with E-state index in [-0.39, 0.29) is 11.5 Å². The molecule has 20 heavy (non-hydrogen) atoms. The molecule has 1 aromatic carbocycles. The summed E-state index contributed by atoms with van der Waals surface area (Å²) in [6.07, 6.45) is 1.51. The zero-order valence-corrected chi connectivity index (χ0v) is 11.4. The van der Waals surface area contributed by atoms with Crippen molar-refractivity contribution < 1.29 is 9.53 Å². The Balaban J connectivity index is 2.08. The quantitative estimate of drug-likeness (QED) is 0.913. The molecular formula is C15H16N2O3. The second-order valence-corrected chi connectivity index (χ2v) is 4.36. The zero-order chi connectivity index (χ0) is 14.5. The number of carbonyl (C=O) groups excluding carboxylic acids is 1. The van der Waals surface area contributed by atoms with Crippen molar-refractivity contribution in [3.8, 4) is 5.75 Å². The standard InChI is InChI=1S/C15H16N2O3/c1-17-10-12(7-8-14(17)18)15(19)16-9-11-5-3-4-6-13(11)20-2/h3-8,10H,9H2,1-2H3,(H,16,19). The van der Waals surface area contributed by atoms with Gasteiger partial charge in [0, 0.05) is 31.4 Å². The van der Waals surface area contributed by atoms with Gasteiger partial charge < -0.3 is 14.6 Å². The van der Waals surface area contributed by atoms with Gasteiger partial charge in [-0.1, -0.05) is 18.2 Å². The number of pyridine rings is 1. The summed E-state index contributed by atoms with van der Waals surface area (Å²) in [4.78, 5) is 23.3. The molecule has 1 N–H and O–H groups in total. The lowest BCUT2D eigenvalue weighted by Gasteiger charge is -2.09. The molecule has 104 valence electrons. The van der Waals surface area contributed by atoms with E-state index in [1.807, 2.05) is 24.3 Å². The Morgan fingerprint density at radius 1 is 1.25 bits per heavy atom. The minimum Gasteiger partial charge on any atom is -0.496 e.